The number of ketones is 1. The van der Waals surface area contributed by atoms with Crippen LogP contribution in [0.4, 0.5) is 0 Å². The molecule has 0 saturated heterocycles. The standard InChI is InChI=1S/C17H33NO4/c1-15(2)14-17(20)18-9-6-4-5-7-10-21-12-13-22-11-8-16(3)19/h15H,4-14H2,1-3H3,(H,18,20). The summed E-state index contributed by atoms with van der Waals surface area (Å²) < 4.78 is 10.7. The molecule has 0 aromatic rings. The Kier molecular flexibility index (Phi) is 14.3. The number of rotatable bonds is 15. The molecule has 1 N–H and O–H groups in total. The molecule has 0 saturated carbocycles. The van der Waals surface area contributed by atoms with Crippen molar-refractivity contribution >= 4 is 11.7 Å². The third-order valence-corrected chi connectivity index (χ3v) is 3.10. The molecular weight excluding hydrogens is 282 g/mol. The summed E-state index contributed by atoms with van der Waals surface area (Å²) in [4.78, 5) is 22.1. The second-order valence-corrected chi connectivity index (χ2v) is 6.04. The first kappa shape index (κ1) is 21.1. The number of nitrogens with one attached hydrogen (secondary N) is 1. The third kappa shape index (κ3) is 17.1. The van der Waals surface area contributed by atoms with Gasteiger partial charge in [0, 0.05) is 26.0 Å². The van der Waals surface area contributed by atoms with Crippen molar-refractivity contribution in [3.05, 3.63) is 0 Å². The zero-order chi connectivity index (χ0) is 16.6. The van der Waals surface area contributed by atoms with Crippen LogP contribution in [0.1, 0.15) is 59.3 Å². The van der Waals surface area contributed by atoms with Gasteiger partial charge in [-0.25, -0.2) is 0 Å². The fourth-order valence-corrected chi connectivity index (χ4v) is 1.89. The maximum atomic E-state index is 11.4. The van der Waals surface area contributed by atoms with Gasteiger partial charge in [-0.05, 0) is 25.7 Å². The Labute approximate surface area is 135 Å². The normalized spacial score (nSPS) is 10.9. The van der Waals surface area contributed by atoms with Crippen LogP contribution < -0.4 is 5.32 Å². The second-order valence-electron chi connectivity index (χ2n) is 6.04. The van der Waals surface area contributed by atoms with E-state index in [1.807, 2.05) is 13.8 Å². The van der Waals surface area contributed by atoms with E-state index in [4.69, 9.17) is 9.47 Å². The van der Waals surface area contributed by atoms with E-state index < -0.39 is 0 Å². The summed E-state index contributed by atoms with van der Waals surface area (Å²) in [7, 11) is 0. The summed E-state index contributed by atoms with van der Waals surface area (Å²) in [6.07, 6.45) is 5.38. The molecule has 0 aromatic heterocycles. The molecule has 0 radical (unpaired) electrons. The predicted octanol–water partition coefficient (Wildman–Crippen LogP) is 2.72. The Morgan fingerprint density at radius 3 is 2.18 bits per heavy atom. The van der Waals surface area contributed by atoms with Crippen molar-refractivity contribution in [3.63, 3.8) is 0 Å². The molecule has 0 fully saturated rings. The quantitative estimate of drug-likeness (QED) is 0.472. The molecule has 0 atom stereocenters. The number of hydrogen-bond donors (Lipinski definition) is 1. The average molecular weight is 315 g/mol. The highest BCUT2D eigenvalue weighted by Crippen LogP contribution is 2.01. The van der Waals surface area contributed by atoms with E-state index in [1.165, 1.54) is 0 Å². The summed E-state index contributed by atoms with van der Waals surface area (Å²) in [5.41, 5.74) is 0. The number of Topliss-reactive ketones (excluding diaryl/α,β-unsaturated/α-hetero) is 1. The fraction of sp³-hybridized carbons (Fsp3) is 0.882. The molecule has 0 unspecified atom stereocenters. The lowest BCUT2D eigenvalue weighted by Crippen LogP contribution is -2.25. The number of carbonyl (C=O) groups is 2. The SMILES string of the molecule is CC(=O)CCOCCOCCCCCCNC(=O)CC(C)C. The lowest BCUT2D eigenvalue weighted by molar-refractivity contribution is -0.121. The van der Waals surface area contributed by atoms with Gasteiger partial charge in [0.2, 0.25) is 5.91 Å². The van der Waals surface area contributed by atoms with E-state index >= 15 is 0 Å². The van der Waals surface area contributed by atoms with Gasteiger partial charge in [-0.15, -0.1) is 0 Å². The second kappa shape index (κ2) is 15.0. The highest BCUT2D eigenvalue weighted by atomic mass is 16.5. The third-order valence-electron chi connectivity index (χ3n) is 3.10. The molecule has 0 aliphatic carbocycles. The van der Waals surface area contributed by atoms with Gasteiger partial charge in [0.15, 0.2) is 0 Å². The van der Waals surface area contributed by atoms with E-state index in [0.717, 1.165) is 38.8 Å². The van der Waals surface area contributed by atoms with Gasteiger partial charge >= 0.3 is 0 Å². The molecule has 22 heavy (non-hydrogen) atoms. The summed E-state index contributed by atoms with van der Waals surface area (Å²) in [6.45, 7) is 8.81. The number of amides is 1. The molecule has 5 nitrogen and oxygen atoms in total. The number of hydrogen-bond acceptors (Lipinski definition) is 4. The van der Waals surface area contributed by atoms with Gasteiger partial charge in [-0.2, -0.15) is 0 Å². The van der Waals surface area contributed by atoms with Crippen molar-refractivity contribution < 1.29 is 19.1 Å². The zero-order valence-corrected chi connectivity index (χ0v) is 14.5. The molecule has 0 aliphatic heterocycles. The molecule has 0 bridgehead atoms. The van der Waals surface area contributed by atoms with E-state index in [1.54, 1.807) is 6.92 Å². The molecule has 0 rings (SSSR count). The van der Waals surface area contributed by atoms with Gasteiger partial charge in [0.05, 0.1) is 19.8 Å². The van der Waals surface area contributed by atoms with Crippen molar-refractivity contribution in [2.24, 2.45) is 5.92 Å². The summed E-state index contributed by atoms with van der Waals surface area (Å²) in [6, 6.07) is 0. The van der Waals surface area contributed by atoms with Crippen molar-refractivity contribution in [1.82, 2.24) is 5.32 Å². The van der Waals surface area contributed by atoms with Crippen LogP contribution in [0.2, 0.25) is 0 Å². The highest BCUT2D eigenvalue weighted by molar-refractivity contribution is 5.76. The van der Waals surface area contributed by atoms with Crippen molar-refractivity contribution in [3.8, 4) is 0 Å². The van der Waals surface area contributed by atoms with Gasteiger partial charge in [-0.1, -0.05) is 26.7 Å². The van der Waals surface area contributed by atoms with E-state index in [9.17, 15) is 9.59 Å². The lowest BCUT2D eigenvalue weighted by Gasteiger charge is -2.07. The fourth-order valence-electron chi connectivity index (χ4n) is 1.89. The van der Waals surface area contributed by atoms with E-state index in [2.05, 4.69) is 5.32 Å². The van der Waals surface area contributed by atoms with Gasteiger partial charge < -0.3 is 14.8 Å². The average Bonchev–Trinajstić information content (AvgIpc) is 2.42. The van der Waals surface area contributed by atoms with Crippen LogP contribution in [0.3, 0.4) is 0 Å². The number of ether oxygens (including phenoxy) is 2. The maximum absolute atomic E-state index is 11.4. The minimum absolute atomic E-state index is 0.154. The van der Waals surface area contributed by atoms with Gasteiger partial charge in [0.1, 0.15) is 5.78 Å². The highest BCUT2D eigenvalue weighted by Gasteiger charge is 2.03. The largest absolute Gasteiger partial charge is 0.379 e. The summed E-state index contributed by atoms with van der Waals surface area (Å²) in [5, 5.41) is 2.94. The van der Waals surface area contributed by atoms with Crippen LogP contribution in [-0.2, 0) is 19.1 Å². The Morgan fingerprint density at radius 2 is 1.55 bits per heavy atom. The van der Waals surface area contributed by atoms with Crippen LogP contribution in [0.25, 0.3) is 0 Å². The molecule has 0 spiro atoms. The van der Waals surface area contributed by atoms with Gasteiger partial charge in [0.25, 0.3) is 0 Å². The van der Waals surface area contributed by atoms with Crippen LogP contribution in [0.5, 0.6) is 0 Å². The minimum atomic E-state index is 0.154. The summed E-state index contributed by atoms with van der Waals surface area (Å²) in [5.74, 6) is 0.730. The molecule has 0 aliphatic rings. The molecule has 1 amide bonds. The topological polar surface area (TPSA) is 64.6 Å². The lowest BCUT2D eigenvalue weighted by atomic mass is 10.1. The van der Waals surface area contributed by atoms with E-state index in [0.29, 0.717) is 38.6 Å². The monoisotopic (exact) mass is 315 g/mol. The number of unbranched alkanes of at least 4 members (excludes halogenated alkanes) is 3. The molecule has 130 valence electrons. The van der Waals surface area contributed by atoms with Crippen molar-refractivity contribution in [2.45, 2.75) is 59.3 Å². The van der Waals surface area contributed by atoms with Crippen LogP contribution in [0.15, 0.2) is 0 Å². The Hall–Kier alpha value is -0.940. The molecule has 0 aromatic carbocycles. The van der Waals surface area contributed by atoms with Crippen molar-refractivity contribution in [1.29, 1.82) is 0 Å². The number of carbonyl (C=O) groups excluding carboxylic acids is 2. The van der Waals surface area contributed by atoms with E-state index in [-0.39, 0.29) is 11.7 Å². The first-order chi connectivity index (χ1) is 10.5. The van der Waals surface area contributed by atoms with Crippen LogP contribution >= 0.6 is 0 Å². The van der Waals surface area contributed by atoms with Crippen LogP contribution in [-0.4, -0.2) is 44.7 Å². The molecular formula is C17H33NO4. The smallest absolute Gasteiger partial charge is 0.220 e. The minimum Gasteiger partial charge on any atom is -0.379 e. The Morgan fingerprint density at radius 1 is 0.909 bits per heavy atom. The van der Waals surface area contributed by atoms with Crippen molar-refractivity contribution in [2.75, 3.05) is 33.0 Å². The first-order valence-corrected chi connectivity index (χ1v) is 8.44. The van der Waals surface area contributed by atoms with Gasteiger partial charge in [-0.3, -0.25) is 9.59 Å². The molecule has 5 heteroatoms. The Balaban J connectivity index is 3.11. The Bertz CT molecular complexity index is 292. The maximum Gasteiger partial charge on any atom is 0.220 e. The first-order valence-electron chi connectivity index (χ1n) is 8.44. The molecule has 0 heterocycles. The van der Waals surface area contributed by atoms with Crippen LogP contribution in [0, 0.1) is 5.92 Å². The zero-order valence-electron chi connectivity index (χ0n) is 14.5. The summed E-state index contributed by atoms with van der Waals surface area (Å²) >= 11 is 0. The predicted molar refractivity (Wildman–Crippen MR) is 87.9 cm³/mol.